The first-order chi connectivity index (χ1) is 9.69. The molecule has 0 aliphatic carbocycles. The van der Waals surface area contributed by atoms with Gasteiger partial charge in [-0.2, -0.15) is 0 Å². The minimum atomic E-state index is -0.582. The van der Waals surface area contributed by atoms with Crippen molar-refractivity contribution in [3.05, 3.63) is 42.5 Å². The highest BCUT2D eigenvalue weighted by Gasteiger charge is 2.09. The van der Waals surface area contributed by atoms with E-state index in [1.807, 2.05) is 22.9 Å². The Hall–Kier alpha value is -2.01. The topological polar surface area (TPSA) is 73.3 Å². The first kappa shape index (κ1) is 14.4. The molecule has 0 radical (unpaired) electrons. The van der Waals surface area contributed by atoms with Gasteiger partial charge in [0.2, 0.25) is 0 Å². The van der Waals surface area contributed by atoms with Crippen LogP contribution in [0.15, 0.2) is 36.7 Å². The molecule has 1 aromatic heterocycles. The van der Waals surface area contributed by atoms with Crippen molar-refractivity contribution in [1.29, 1.82) is 0 Å². The van der Waals surface area contributed by atoms with E-state index in [0.717, 1.165) is 18.7 Å². The van der Waals surface area contributed by atoms with Crippen molar-refractivity contribution < 1.29 is 9.84 Å². The molecule has 1 heterocycles. The predicted molar refractivity (Wildman–Crippen MR) is 78.6 cm³/mol. The number of aromatic nitrogens is 2. The van der Waals surface area contributed by atoms with Gasteiger partial charge in [0.05, 0.1) is 6.54 Å². The fraction of sp³-hybridized carbons (Fsp3) is 0.400. The summed E-state index contributed by atoms with van der Waals surface area (Å²) in [5, 5.41) is 10.0. The van der Waals surface area contributed by atoms with Crippen molar-refractivity contribution in [1.82, 2.24) is 9.55 Å². The summed E-state index contributed by atoms with van der Waals surface area (Å²) in [4.78, 5) is 4.28. The van der Waals surface area contributed by atoms with Gasteiger partial charge in [0.25, 0.3) is 0 Å². The number of imidazole rings is 1. The van der Waals surface area contributed by atoms with Gasteiger partial charge in [-0.3, -0.25) is 0 Å². The average molecular weight is 275 g/mol. The quantitative estimate of drug-likeness (QED) is 0.756. The van der Waals surface area contributed by atoms with Gasteiger partial charge in [-0.25, -0.2) is 4.98 Å². The Morgan fingerprint density at radius 3 is 3.05 bits per heavy atom. The van der Waals surface area contributed by atoms with Crippen LogP contribution in [0.25, 0.3) is 0 Å². The monoisotopic (exact) mass is 275 g/mol. The first-order valence-electron chi connectivity index (χ1n) is 6.85. The van der Waals surface area contributed by atoms with Crippen molar-refractivity contribution >= 4 is 5.69 Å². The van der Waals surface area contributed by atoms with Gasteiger partial charge < -0.3 is 20.1 Å². The van der Waals surface area contributed by atoms with Crippen LogP contribution in [0.1, 0.15) is 19.2 Å². The fourth-order valence-electron chi connectivity index (χ4n) is 2.03. The van der Waals surface area contributed by atoms with Crippen LogP contribution >= 0.6 is 0 Å². The van der Waals surface area contributed by atoms with Crippen LogP contribution in [0.4, 0.5) is 5.69 Å². The number of anilines is 1. The van der Waals surface area contributed by atoms with Gasteiger partial charge in [-0.15, -0.1) is 0 Å². The minimum absolute atomic E-state index is 0.229. The zero-order valence-electron chi connectivity index (χ0n) is 11.7. The second kappa shape index (κ2) is 6.96. The van der Waals surface area contributed by atoms with E-state index in [4.69, 9.17) is 10.5 Å². The maximum Gasteiger partial charge on any atom is 0.121 e. The number of aliphatic hydroxyl groups excluding tert-OH is 1. The van der Waals surface area contributed by atoms with Gasteiger partial charge in [0, 0.05) is 30.6 Å². The fourth-order valence-corrected chi connectivity index (χ4v) is 2.03. The summed E-state index contributed by atoms with van der Waals surface area (Å²) in [5.74, 6) is 1.67. The Morgan fingerprint density at radius 2 is 2.30 bits per heavy atom. The lowest BCUT2D eigenvalue weighted by Crippen LogP contribution is -2.24. The number of hydrogen-bond donors (Lipinski definition) is 2. The van der Waals surface area contributed by atoms with Crippen LogP contribution < -0.4 is 10.5 Å². The van der Waals surface area contributed by atoms with Crippen LogP contribution in [0.3, 0.4) is 0 Å². The van der Waals surface area contributed by atoms with E-state index in [1.165, 1.54) is 0 Å². The van der Waals surface area contributed by atoms with Crippen molar-refractivity contribution in [2.24, 2.45) is 0 Å². The van der Waals surface area contributed by atoms with Gasteiger partial charge in [0.1, 0.15) is 24.3 Å². The Bertz CT molecular complexity index is 539. The van der Waals surface area contributed by atoms with Crippen LogP contribution in [0, 0.1) is 0 Å². The van der Waals surface area contributed by atoms with Crippen LogP contribution in [0.5, 0.6) is 5.75 Å². The van der Waals surface area contributed by atoms with E-state index in [0.29, 0.717) is 18.0 Å². The number of ether oxygens (including phenoxy) is 1. The van der Waals surface area contributed by atoms with Crippen LogP contribution in [-0.2, 0) is 13.0 Å². The summed E-state index contributed by atoms with van der Waals surface area (Å²) in [6.45, 7) is 2.82. The third kappa shape index (κ3) is 3.99. The number of aryl methyl sites for hydroxylation is 1. The lowest BCUT2D eigenvalue weighted by Gasteiger charge is -2.14. The zero-order valence-corrected chi connectivity index (χ0v) is 11.7. The second-order valence-corrected chi connectivity index (χ2v) is 4.78. The molecule has 2 rings (SSSR count). The van der Waals surface area contributed by atoms with Crippen molar-refractivity contribution in [2.75, 3.05) is 12.3 Å². The molecule has 20 heavy (non-hydrogen) atoms. The van der Waals surface area contributed by atoms with Gasteiger partial charge in [-0.1, -0.05) is 13.0 Å². The molecule has 1 atom stereocenters. The Kier molecular flexibility index (Phi) is 5.01. The summed E-state index contributed by atoms with van der Waals surface area (Å²) < 4.78 is 7.50. The highest BCUT2D eigenvalue weighted by atomic mass is 16.5. The van der Waals surface area contributed by atoms with E-state index < -0.39 is 6.10 Å². The first-order valence-corrected chi connectivity index (χ1v) is 6.85. The third-order valence-corrected chi connectivity index (χ3v) is 2.98. The third-order valence-electron chi connectivity index (χ3n) is 2.98. The summed E-state index contributed by atoms with van der Waals surface area (Å²) in [7, 11) is 0. The molecule has 0 saturated carbocycles. The molecule has 0 bridgehead atoms. The Balaban J connectivity index is 1.86. The zero-order chi connectivity index (χ0) is 14.4. The van der Waals surface area contributed by atoms with E-state index >= 15 is 0 Å². The van der Waals surface area contributed by atoms with E-state index in [9.17, 15) is 5.11 Å². The lowest BCUT2D eigenvalue weighted by molar-refractivity contribution is 0.0917. The minimum Gasteiger partial charge on any atom is -0.491 e. The molecule has 0 fully saturated rings. The Morgan fingerprint density at radius 1 is 1.45 bits per heavy atom. The summed E-state index contributed by atoms with van der Waals surface area (Å²) >= 11 is 0. The summed E-state index contributed by atoms with van der Waals surface area (Å²) in [6, 6.07) is 7.19. The SMILES string of the molecule is CCCc1nccn1CC(O)COc1cccc(N)c1. The van der Waals surface area contributed by atoms with Gasteiger partial charge in [-0.05, 0) is 18.6 Å². The predicted octanol–water partition coefficient (Wildman–Crippen LogP) is 1.86. The molecule has 5 nitrogen and oxygen atoms in total. The maximum atomic E-state index is 10.0. The summed E-state index contributed by atoms with van der Waals surface area (Å²) in [6.07, 6.45) is 5.01. The molecule has 1 aromatic carbocycles. The number of nitrogen functional groups attached to an aromatic ring is 1. The van der Waals surface area contributed by atoms with E-state index in [-0.39, 0.29) is 6.61 Å². The second-order valence-electron chi connectivity index (χ2n) is 4.78. The molecule has 3 N–H and O–H groups in total. The molecule has 0 aliphatic rings. The molecule has 0 aliphatic heterocycles. The van der Waals surface area contributed by atoms with Crippen LogP contribution in [0.2, 0.25) is 0 Å². The van der Waals surface area contributed by atoms with Gasteiger partial charge in [0.15, 0.2) is 0 Å². The van der Waals surface area contributed by atoms with E-state index in [1.54, 1.807) is 18.3 Å². The average Bonchev–Trinajstić information content (AvgIpc) is 2.84. The maximum absolute atomic E-state index is 10.0. The number of aliphatic hydroxyl groups is 1. The molecule has 0 amide bonds. The highest BCUT2D eigenvalue weighted by Crippen LogP contribution is 2.14. The highest BCUT2D eigenvalue weighted by molar-refractivity contribution is 5.43. The van der Waals surface area contributed by atoms with Crippen LogP contribution in [-0.4, -0.2) is 27.4 Å². The number of benzene rings is 1. The number of nitrogens with zero attached hydrogens (tertiary/aromatic N) is 2. The normalized spacial score (nSPS) is 12.3. The molecular weight excluding hydrogens is 254 g/mol. The molecule has 5 heteroatoms. The van der Waals surface area contributed by atoms with Gasteiger partial charge >= 0.3 is 0 Å². The molecule has 0 saturated heterocycles. The number of nitrogens with two attached hydrogens (primary N) is 1. The molecule has 1 unspecified atom stereocenters. The number of hydrogen-bond acceptors (Lipinski definition) is 4. The lowest BCUT2D eigenvalue weighted by atomic mass is 10.3. The molecule has 108 valence electrons. The van der Waals surface area contributed by atoms with E-state index in [2.05, 4.69) is 11.9 Å². The molecular formula is C15H21N3O2. The Labute approximate surface area is 119 Å². The molecule has 2 aromatic rings. The standard InChI is InChI=1S/C15H21N3O2/c1-2-4-15-17-7-8-18(15)10-13(19)11-20-14-6-3-5-12(16)9-14/h3,5-9,13,19H,2,4,10-11,16H2,1H3. The largest absolute Gasteiger partial charge is 0.491 e. The van der Waals surface area contributed by atoms with Crippen molar-refractivity contribution in [3.8, 4) is 5.75 Å². The van der Waals surface area contributed by atoms with Crippen molar-refractivity contribution in [3.63, 3.8) is 0 Å². The van der Waals surface area contributed by atoms with Crippen molar-refractivity contribution in [2.45, 2.75) is 32.4 Å². The summed E-state index contributed by atoms with van der Waals surface area (Å²) in [5.41, 5.74) is 6.32. The molecule has 0 spiro atoms. The smallest absolute Gasteiger partial charge is 0.121 e. The number of rotatable bonds is 7.